The first-order chi connectivity index (χ1) is 12.0. The zero-order valence-electron chi connectivity index (χ0n) is 15.8. The van der Waals surface area contributed by atoms with E-state index in [4.69, 9.17) is 0 Å². The zero-order valence-corrected chi connectivity index (χ0v) is 16.6. The Morgan fingerprint density at radius 3 is 2.12 bits per heavy atom. The molecule has 0 amide bonds. The van der Waals surface area contributed by atoms with Crippen LogP contribution in [0.25, 0.3) is 0 Å². The molecule has 1 rings (SSSR count). The Morgan fingerprint density at radius 1 is 1.00 bits per heavy atom. The van der Waals surface area contributed by atoms with E-state index >= 15 is 0 Å². The molecular formula is C21H34O3S. The first kappa shape index (κ1) is 21.9. The second-order valence-corrected chi connectivity index (χ2v) is 8.70. The van der Waals surface area contributed by atoms with Crippen molar-refractivity contribution in [2.45, 2.75) is 89.1 Å². The van der Waals surface area contributed by atoms with Crippen LogP contribution in [0.15, 0.2) is 46.2 Å². The molecule has 0 spiro atoms. The molecule has 25 heavy (non-hydrogen) atoms. The van der Waals surface area contributed by atoms with Crippen LogP contribution < -0.4 is 0 Å². The van der Waals surface area contributed by atoms with Gasteiger partial charge in [-0.2, -0.15) is 0 Å². The molecule has 0 aromatic heterocycles. The van der Waals surface area contributed by atoms with Crippen molar-refractivity contribution in [2.24, 2.45) is 0 Å². The molecule has 1 atom stereocenters. The van der Waals surface area contributed by atoms with Crippen LogP contribution in [0.1, 0.15) is 78.1 Å². The van der Waals surface area contributed by atoms with Gasteiger partial charge in [-0.1, -0.05) is 82.6 Å². The average Bonchev–Trinajstić information content (AvgIpc) is 2.62. The van der Waals surface area contributed by atoms with Crippen LogP contribution in [0.4, 0.5) is 0 Å². The van der Waals surface area contributed by atoms with E-state index in [-0.39, 0.29) is 6.42 Å². The molecule has 1 aromatic carbocycles. The smallest absolute Gasteiger partial charge is 0.202 e. The molecule has 0 saturated carbocycles. The molecule has 0 saturated heterocycles. The van der Waals surface area contributed by atoms with Crippen LogP contribution in [0.5, 0.6) is 0 Å². The van der Waals surface area contributed by atoms with Crippen molar-refractivity contribution in [1.29, 1.82) is 0 Å². The average molecular weight is 367 g/mol. The molecule has 0 aliphatic rings. The first-order valence-corrected chi connectivity index (χ1v) is 11.1. The monoisotopic (exact) mass is 366 g/mol. The number of rotatable bonds is 13. The predicted molar refractivity (Wildman–Crippen MR) is 105 cm³/mol. The molecule has 0 heterocycles. The lowest BCUT2D eigenvalue weighted by Crippen LogP contribution is -2.13. The van der Waals surface area contributed by atoms with Crippen LogP contribution >= 0.6 is 0 Å². The summed E-state index contributed by atoms with van der Waals surface area (Å²) in [4.78, 5) is 0.605. The first-order valence-electron chi connectivity index (χ1n) is 9.65. The van der Waals surface area contributed by atoms with E-state index in [1.165, 1.54) is 38.5 Å². The Bertz CT molecular complexity index is 591. The van der Waals surface area contributed by atoms with Crippen molar-refractivity contribution in [2.75, 3.05) is 0 Å². The van der Waals surface area contributed by atoms with Crippen molar-refractivity contribution < 1.29 is 13.5 Å². The second-order valence-electron chi connectivity index (χ2n) is 6.69. The quantitative estimate of drug-likeness (QED) is 0.459. The predicted octanol–water partition coefficient (Wildman–Crippen LogP) is 5.65. The van der Waals surface area contributed by atoms with Gasteiger partial charge >= 0.3 is 0 Å². The molecule has 0 aliphatic carbocycles. The molecule has 0 fully saturated rings. The summed E-state index contributed by atoms with van der Waals surface area (Å²) in [5, 5.41) is 10.2. The summed E-state index contributed by atoms with van der Waals surface area (Å²) in [7, 11) is -3.49. The molecule has 4 heteroatoms. The summed E-state index contributed by atoms with van der Waals surface area (Å²) >= 11 is 0. The lowest BCUT2D eigenvalue weighted by atomic mass is 10.0. The third-order valence-corrected chi connectivity index (χ3v) is 6.53. The van der Waals surface area contributed by atoms with Crippen molar-refractivity contribution in [3.8, 4) is 0 Å². The van der Waals surface area contributed by atoms with Crippen LogP contribution in [0.2, 0.25) is 0 Å². The highest BCUT2D eigenvalue weighted by atomic mass is 32.2. The summed E-state index contributed by atoms with van der Waals surface area (Å²) in [6, 6.07) is 8.44. The fraction of sp³-hybridized carbons (Fsp3) is 0.619. The number of unbranched alkanes of at least 4 members (excludes halogenated alkanes) is 7. The van der Waals surface area contributed by atoms with Crippen molar-refractivity contribution >= 4 is 9.84 Å². The Balaban J connectivity index is 2.36. The zero-order chi connectivity index (χ0) is 18.5. The van der Waals surface area contributed by atoms with E-state index in [9.17, 15) is 13.5 Å². The molecule has 142 valence electrons. The Morgan fingerprint density at radius 2 is 1.56 bits per heavy atom. The maximum atomic E-state index is 12.6. The highest BCUT2D eigenvalue weighted by Crippen LogP contribution is 2.24. The van der Waals surface area contributed by atoms with Gasteiger partial charge in [0.15, 0.2) is 0 Å². The molecule has 1 unspecified atom stereocenters. The maximum absolute atomic E-state index is 12.6. The third-order valence-electron chi connectivity index (χ3n) is 4.55. The highest BCUT2D eigenvalue weighted by molar-refractivity contribution is 7.95. The van der Waals surface area contributed by atoms with Gasteiger partial charge < -0.3 is 5.11 Å². The molecule has 0 radical (unpaired) electrons. The minimum Gasteiger partial charge on any atom is -0.393 e. The standard InChI is InChI=1S/C21H34O3S/c1-3-5-6-7-8-9-10-12-15-19(22)18-20(4-2)25(23,24)21-16-13-11-14-17-21/h4,11,13-14,16-17,19,22H,3,5-10,12,15,18H2,1-2H3/b20-4+. The number of aliphatic hydroxyl groups excluding tert-OH is 1. The Kier molecular flexibility index (Phi) is 10.7. The van der Waals surface area contributed by atoms with Crippen LogP contribution in [-0.4, -0.2) is 19.6 Å². The van der Waals surface area contributed by atoms with Gasteiger partial charge in [0.05, 0.1) is 11.0 Å². The fourth-order valence-corrected chi connectivity index (χ4v) is 4.52. The Labute approximate surface area is 154 Å². The van der Waals surface area contributed by atoms with Gasteiger partial charge in [-0.25, -0.2) is 8.42 Å². The number of benzene rings is 1. The number of hydrogen-bond acceptors (Lipinski definition) is 3. The van der Waals surface area contributed by atoms with Gasteiger partial charge in [-0.05, 0) is 25.5 Å². The number of hydrogen-bond donors (Lipinski definition) is 1. The SMILES string of the molecule is C/C=C(\CC(O)CCCCCCCCCC)S(=O)(=O)c1ccccc1. The van der Waals surface area contributed by atoms with Crippen molar-refractivity contribution in [3.63, 3.8) is 0 Å². The topological polar surface area (TPSA) is 54.4 Å². The van der Waals surface area contributed by atoms with E-state index < -0.39 is 15.9 Å². The minimum absolute atomic E-state index is 0.199. The van der Waals surface area contributed by atoms with Gasteiger partial charge in [0.25, 0.3) is 0 Å². The van der Waals surface area contributed by atoms with E-state index in [0.717, 1.165) is 12.8 Å². The summed E-state index contributed by atoms with van der Waals surface area (Å²) in [5.74, 6) is 0. The number of sulfone groups is 1. The van der Waals surface area contributed by atoms with E-state index in [1.807, 2.05) is 0 Å². The number of allylic oxidation sites excluding steroid dienone is 1. The summed E-state index contributed by atoms with van der Waals surface area (Å²) < 4.78 is 25.2. The Hall–Kier alpha value is -1.13. The summed E-state index contributed by atoms with van der Waals surface area (Å²) in [5.41, 5.74) is 0. The normalized spacial score (nSPS) is 13.8. The molecular weight excluding hydrogens is 332 g/mol. The lowest BCUT2D eigenvalue weighted by molar-refractivity contribution is 0.162. The van der Waals surface area contributed by atoms with Crippen LogP contribution in [0.3, 0.4) is 0 Å². The summed E-state index contributed by atoms with van der Waals surface area (Å²) in [6.45, 7) is 3.94. The van der Waals surface area contributed by atoms with Gasteiger partial charge in [0.2, 0.25) is 9.84 Å². The van der Waals surface area contributed by atoms with Crippen molar-refractivity contribution in [1.82, 2.24) is 0 Å². The second kappa shape index (κ2) is 12.3. The summed E-state index contributed by atoms with van der Waals surface area (Å²) in [6.07, 6.45) is 11.6. The van der Waals surface area contributed by atoms with Gasteiger partial charge in [-0.15, -0.1) is 0 Å². The van der Waals surface area contributed by atoms with Gasteiger partial charge in [-0.3, -0.25) is 0 Å². The molecule has 0 aliphatic heterocycles. The van der Waals surface area contributed by atoms with Crippen LogP contribution in [-0.2, 0) is 9.84 Å². The van der Waals surface area contributed by atoms with Gasteiger partial charge in [0, 0.05) is 11.3 Å². The van der Waals surface area contributed by atoms with Crippen molar-refractivity contribution in [3.05, 3.63) is 41.3 Å². The van der Waals surface area contributed by atoms with Gasteiger partial charge in [0.1, 0.15) is 0 Å². The van der Waals surface area contributed by atoms with Crippen LogP contribution in [0, 0.1) is 0 Å². The van der Waals surface area contributed by atoms with E-state index in [1.54, 1.807) is 43.3 Å². The van der Waals surface area contributed by atoms with E-state index in [0.29, 0.717) is 16.2 Å². The number of aliphatic hydroxyl groups is 1. The third kappa shape index (κ3) is 8.19. The molecule has 0 bridgehead atoms. The highest BCUT2D eigenvalue weighted by Gasteiger charge is 2.22. The molecule has 1 N–H and O–H groups in total. The maximum Gasteiger partial charge on any atom is 0.202 e. The largest absolute Gasteiger partial charge is 0.393 e. The molecule has 3 nitrogen and oxygen atoms in total. The fourth-order valence-electron chi connectivity index (χ4n) is 2.98. The lowest BCUT2D eigenvalue weighted by Gasteiger charge is -2.14. The minimum atomic E-state index is -3.49. The molecule has 1 aromatic rings. The van der Waals surface area contributed by atoms with E-state index in [2.05, 4.69) is 6.92 Å².